The van der Waals surface area contributed by atoms with E-state index in [0.717, 1.165) is 18.5 Å². The molecule has 1 aromatic rings. The van der Waals surface area contributed by atoms with Gasteiger partial charge in [-0.25, -0.2) is 0 Å². The first-order valence-electron chi connectivity index (χ1n) is 8.57. The zero-order valence-electron chi connectivity index (χ0n) is 13.0. The molecule has 4 heterocycles. The number of nitrogens with zero attached hydrogens (tertiary/aromatic N) is 2. The fraction of sp³-hybridized carbons (Fsp3) is 0.667. The van der Waals surface area contributed by atoms with Crippen molar-refractivity contribution < 1.29 is 0 Å². The number of hydrogen-bond donors (Lipinski definition) is 1. The monoisotopic (exact) mass is 285 g/mol. The predicted molar refractivity (Wildman–Crippen MR) is 86.3 cm³/mol. The van der Waals surface area contributed by atoms with Crippen LogP contribution in [0.25, 0.3) is 0 Å². The SMILES string of the molecule is CC1CNC(c2ccccc2)CN1C1CN2CCC1CC2. The first kappa shape index (κ1) is 13.7. The van der Waals surface area contributed by atoms with Crippen molar-refractivity contribution in [2.45, 2.75) is 37.9 Å². The van der Waals surface area contributed by atoms with Gasteiger partial charge in [-0.2, -0.15) is 0 Å². The Hall–Kier alpha value is -0.900. The summed E-state index contributed by atoms with van der Waals surface area (Å²) in [5.41, 5.74) is 1.44. The van der Waals surface area contributed by atoms with Crippen molar-refractivity contribution in [2.24, 2.45) is 5.92 Å². The summed E-state index contributed by atoms with van der Waals surface area (Å²) in [6.07, 6.45) is 2.83. The molecule has 0 aliphatic carbocycles. The maximum absolute atomic E-state index is 3.74. The minimum Gasteiger partial charge on any atom is -0.307 e. The topological polar surface area (TPSA) is 18.5 Å². The second kappa shape index (κ2) is 5.71. The summed E-state index contributed by atoms with van der Waals surface area (Å²) in [6, 6.07) is 12.9. The maximum Gasteiger partial charge on any atom is 0.0450 e. The van der Waals surface area contributed by atoms with Gasteiger partial charge in [0.25, 0.3) is 0 Å². The zero-order chi connectivity index (χ0) is 14.2. The molecule has 0 spiro atoms. The highest BCUT2D eigenvalue weighted by atomic mass is 15.3. The molecule has 0 amide bonds. The molecule has 0 saturated carbocycles. The van der Waals surface area contributed by atoms with E-state index in [9.17, 15) is 0 Å². The Kier molecular flexibility index (Phi) is 3.74. The number of hydrogen-bond acceptors (Lipinski definition) is 3. The number of nitrogens with one attached hydrogen (secondary N) is 1. The Labute approximate surface area is 128 Å². The van der Waals surface area contributed by atoms with Gasteiger partial charge in [0.15, 0.2) is 0 Å². The van der Waals surface area contributed by atoms with E-state index in [1.807, 2.05) is 0 Å². The smallest absolute Gasteiger partial charge is 0.0450 e. The van der Waals surface area contributed by atoms with E-state index < -0.39 is 0 Å². The largest absolute Gasteiger partial charge is 0.307 e. The lowest BCUT2D eigenvalue weighted by atomic mass is 9.82. The van der Waals surface area contributed by atoms with E-state index >= 15 is 0 Å². The molecular formula is C18H27N3. The molecule has 4 fully saturated rings. The van der Waals surface area contributed by atoms with E-state index in [-0.39, 0.29) is 0 Å². The highest BCUT2D eigenvalue weighted by molar-refractivity contribution is 5.20. The van der Waals surface area contributed by atoms with Gasteiger partial charge in [-0.15, -0.1) is 0 Å². The molecule has 1 aromatic carbocycles. The molecule has 3 nitrogen and oxygen atoms in total. The lowest BCUT2D eigenvalue weighted by Crippen LogP contribution is -2.63. The summed E-state index contributed by atoms with van der Waals surface area (Å²) in [4.78, 5) is 5.49. The predicted octanol–water partition coefficient (Wildman–Crippen LogP) is 2.12. The van der Waals surface area contributed by atoms with Crippen LogP contribution in [-0.2, 0) is 0 Å². The Balaban J connectivity index is 1.51. The summed E-state index contributed by atoms with van der Waals surface area (Å²) < 4.78 is 0. The van der Waals surface area contributed by atoms with E-state index in [1.54, 1.807) is 0 Å². The van der Waals surface area contributed by atoms with Crippen molar-refractivity contribution >= 4 is 0 Å². The third kappa shape index (κ3) is 2.63. The fourth-order valence-corrected chi connectivity index (χ4v) is 4.57. The zero-order valence-corrected chi connectivity index (χ0v) is 13.0. The first-order chi connectivity index (χ1) is 10.3. The second-order valence-electron chi connectivity index (χ2n) is 7.12. The second-order valence-corrected chi connectivity index (χ2v) is 7.12. The molecular weight excluding hydrogens is 258 g/mol. The van der Waals surface area contributed by atoms with Crippen LogP contribution in [0.4, 0.5) is 0 Å². The normalized spacial score (nSPS) is 40.3. The molecule has 114 valence electrons. The Morgan fingerprint density at radius 1 is 1.05 bits per heavy atom. The van der Waals surface area contributed by atoms with Crippen LogP contribution in [0.5, 0.6) is 0 Å². The number of piperidine rings is 3. The molecule has 2 bridgehead atoms. The lowest BCUT2D eigenvalue weighted by molar-refractivity contribution is -0.0265. The molecule has 3 heteroatoms. The maximum atomic E-state index is 3.74. The van der Waals surface area contributed by atoms with Crippen LogP contribution in [0.3, 0.4) is 0 Å². The summed E-state index contributed by atoms with van der Waals surface area (Å²) >= 11 is 0. The van der Waals surface area contributed by atoms with Crippen LogP contribution in [0.2, 0.25) is 0 Å². The Morgan fingerprint density at radius 3 is 2.48 bits per heavy atom. The van der Waals surface area contributed by atoms with Crippen molar-refractivity contribution in [1.82, 2.24) is 15.1 Å². The summed E-state index contributed by atoms with van der Waals surface area (Å²) in [7, 11) is 0. The van der Waals surface area contributed by atoms with Gasteiger partial charge < -0.3 is 10.2 Å². The molecule has 21 heavy (non-hydrogen) atoms. The number of fused-ring (bicyclic) bond motifs is 3. The van der Waals surface area contributed by atoms with Gasteiger partial charge in [0, 0.05) is 37.8 Å². The summed E-state index contributed by atoms with van der Waals surface area (Å²) in [5, 5.41) is 3.74. The van der Waals surface area contributed by atoms with Crippen LogP contribution in [0.15, 0.2) is 30.3 Å². The third-order valence-electron chi connectivity index (χ3n) is 5.87. The highest BCUT2D eigenvalue weighted by Crippen LogP contribution is 2.34. The van der Waals surface area contributed by atoms with Gasteiger partial charge in [0.1, 0.15) is 0 Å². The number of benzene rings is 1. The van der Waals surface area contributed by atoms with Crippen molar-refractivity contribution in [3.63, 3.8) is 0 Å². The average molecular weight is 285 g/mol. The van der Waals surface area contributed by atoms with Gasteiger partial charge in [-0.3, -0.25) is 4.90 Å². The molecule has 0 radical (unpaired) electrons. The minimum atomic E-state index is 0.498. The number of piperazine rings is 1. The number of rotatable bonds is 2. The van der Waals surface area contributed by atoms with Gasteiger partial charge >= 0.3 is 0 Å². The van der Waals surface area contributed by atoms with E-state index in [1.165, 1.54) is 44.6 Å². The molecule has 3 unspecified atom stereocenters. The molecule has 0 aromatic heterocycles. The van der Waals surface area contributed by atoms with Crippen molar-refractivity contribution in [3.05, 3.63) is 35.9 Å². The minimum absolute atomic E-state index is 0.498. The molecule has 3 atom stereocenters. The van der Waals surface area contributed by atoms with Crippen LogP contribution in [0.1, 0.15) is 31.4 Å². The Bertz CT molecular complexity index is 467. The van der Waals surface area contributed by atoms with Crippen molar-refractivity contribution in [1.29, 1.82) is 0 Å². The third-order valence-corrected chi connectivity index (χ3v) is 5.87. The van der Waals surface area contributed by atoms with E-state index in [2.05, 4.69) is 52.4 Å². The molecule has 5 rings (SSSR count). The standard InChI is InChI=1S/C18H27N3/c1-14-11-19-17(15-5-3-2-4-6-15)12-21(14)18-13-20-9-7-16(18)8-10-20/h2-6,14,16-19H,7-13H2,1H3. The van der Waals surface area contributed by atoms with Gasteiger partial charge in [0.2, 0.25) is 0 Å². The summed E-state index contributed by atoms with van der Waals surface area (Å²) in [6.45, 7) is 8.65. The summed E-state index contributed by atoms with van der Waals surface area (Å²) in [5.74, 6) is 0.937. The fourth-order valence-electron chi connectivity index (χ4n) is 4.57. The van der Waals surface area contributed by atoms with Crippen LogP contribution in [0, 0.1) is 5.92 Å². The molecule has 4 aliphatic heterocycles. The lowest BCUT2D eigenvalue weighted by Gasteiger charge is -2.53. The van der Waals surface area contributed by atoms with E-state index in [0.29, 0.717) is 12.1 Å². The molecule has 4 aliphatic rings. The molecule has 4 saturated heterocycles. The van der Waals surface area contributed by atoms with Crippen LogP contribution >= 0.6 is 0 Å². The Morgan fingerprint density at radius 2 is 1.81 bits per heavy atom. The van der Waals surface area contributed by atoms with Crippen LogP contribution < -0.4 is 5.32 Å². The molecule has 1 N–H and O–H groups in total. The highest BCUT2D eigenvalue weighted by Gasteiger charge is 2.40. The van der Waals surface area contributed by atoms with Gasteiger partial charge in [-0.1, -0.05) is 30.3 Å². The van der Waals surface area contributed by atoms with Crippen LogP contribution in [-0.4, -0.2) is 54.6 Å². The average Bonchev–Trinajstić information content (AvgIpc) is 2.57. The quantitative estimate of drug-likeness (QED) is 0.898. The first-order valence-corrected chi connectivity index (χ1v) is 8.57. The van der Waals surface area contributed by atoms with Gasteiger partial charge in [0.05, 0.1) is 0 Å². The van der Waals surface area contributed by atoms with Crippen molar-refractivity contribution in [3.8, 4) is 0 Å². The van der Waals surface area contributed by atoms with Gasteiger partial charge in [-0.05, 0) is 44.3 Å². The van der Waals surface area contributed by atoms with Crippen molar-refractivity contribution in [2.75, 3.05) is 32.7 Å². The van der Waals surface area contributed by atoms with E-state index in [4.69, 9.17) is 0 Å².